The van der Waals surface area contributed by atoms with Gasteiger partial charge in [-0.1, -0.05) is 19.9 Å². The molecule has 0 saturated heterocycles. The Bertz CT molecular complexity index is 232. The van der Waals surface area contributed by atoms with Gasteiger partial charge in [0.15, 0.2) is 0 Å². The van der Waals surface area contributed by atoms with E-state index in [2.05, 4.69) is 18.8 Å². The van der Waals surface area contributed by atoms with E-state index in [-0.39, 0.29) is 0 Å². The van der Waals surface area contributed by atoms with Crippen molar-refractivity contribution in [3.63, 3.8) is 0 Å². The van der Waals surface area contributed by atoms with Crippen molar-refractivity contribution >= 4 is 6.21 Å². The molecule has 0 amide bonds. The van der Waals surface area contributed by atoms with Gasteiger partial charge in [-0.25, -0.2) is 0 Å². The zero-order valence-electron chi connectivity index (χ0n) is 8.57. The predicted octanol–water partition coefficient (Wildman–Crippen LogP) is 2.65. The van der Waals surface area contributed by atoms with Crippen molar-refractivity contribution in [3.8, 4) is 0 Å². The van der Waals surface area contributed by atoms with Gasteiger partial charge in [-0.3, -0.25) is 4.99 Å². The second kappa shape index (κ2) is 7.35. The Labute approximate surface area is 80.6 Å². The summed E-state index contributed by atoms with van der Waals surface area (Å²) in [6.45, 7) is 6.17. The Balaban J connectivity index is 4.36. The summed E-state index contributed by atoms with van der Waals surface area (Å²) < 4.78 is 0. The van der Waals surface area contributed by atoms with Gasteiger partial charge in [0.25, 0.3) is 0 Å². The molecule has 0 heterocycles. The Morgan fingerprint density at radius 3 is 2.54 bits per heavy atom. The molecule has 13 heavy (non-hydrogen) atoms. The van der Waals surface area contributed by atoms with Gasteiger partial charge in [-0.15, -0.1) is 0 Å². The molecule has 0 aliphatic carbocycles. The van der Waals surface area contributed by atoms with Crippen molar-refractivity contribution in [3.05, 3.63) is 36.2 Å². The normalized spacial score (nSPS) is 14.3. The lowest BCUT2D eigenvalue weighted by Gasteiger charge is -2.02. The van der Waals surface area contributed by atoms with Crippen molar-refractivity contribution in [2.45, 2.75) is 20.8 Å². The molecule has 0 fully saturated rings. The summed E-state index contributed by atoms with van der Waals surface area (Å²) in [5, 5.41) is 0. The largest absolute Gasteiger partial charge is 0.405 e. The smallest absolute Gasteiger partial charge is 0.0302 e. The van der Waals surface area contributed by atoms with Gasteiger partial charge in [0, 0.05) is 12.4 Å². The van der Waals surface area contributed by atoms with Crippen molar-refractivity contribution < 1.29 is 0 Å². The van der Waals surface area contributed by atoms with Crippen LogP contribution in [0.5, 0.6) is 0 Å². The minimum absolute atomic E-state index is 0.447. The molecule has 2 heteroatoms. The van der Waals surface area contributed by atoms with Gasteiger partial charge in [0.1, 0.15) is 0 Å². The van der Waals surface area contributed by atoms with E-state index < -0.39 is 0 Å². The molecule has 0 rings (SSSR count). The molecule has 0 aliphatic heterocycles. The Kier molecular flexibility index (Phi) is 6.60. The minimum Gasteiger partial charge on any atom is -0.405 e. The minimum atomic E-state index is 0.447. The van der Waals surface area contributed by atoms with Crippen molar-refractivity contribution in [2.75, 3.05) is 0 Å². The third kappa shape index (κ3) is 5.91. The molecule has 0 atom stereocenters. The molecule has 0 aromatic rings. The first-order valence-corrected chi connectivity index (χ1v) is 4.45. The Morgan fingerprint density at radius 2 is 2.08 bits per heavy atom. The van der Waals surface area contributed by atoms with Crippen LogP contribution in [0, 0.1) is 5.92 Å². The molecule has 0 aromatic carbocycles. The SMILES string of the molecule is C\C=C/C=N\C=C(/C=C/N)C(C)C. The van der Waals surface area contributed by atoms with E-state index in [9.17, 15) is 0 Å². The third-order valence-corrected chi connectivity index (χ3v) is 1.54. The molecule has 0 saturated carbocycles. The van der Waals surface area contributed by atoms with E-state index in [4.69, 9.17) is 5.73 Å². The van der Waals surface area contributed by atoms with E-state index in [1.54, 1.807) is 6.21 Å². The molecular weight excluding hydrogens is 160 g/mol. The number of nitrogens with two attached hydrogens (primary N) is 1. The lowest BCUT2D eigenvalue weighted by molar-refractivity contribution is 0.788. The van der Waals surface area contributed by atoms with Crippen LogP contribution < -0.4 is 5.73 Å². The number of aliphatic imine (C=N–C) groups is 1. The van der Waals surface area contributed by atoms with E-state index in [1.165, 1.54) is 6.20 Å². The zero-order valence-corrected chi connectivity index (χ0v) is 8.57. The second-order valence-corrected chi connectivity index (χ2v) is 2.97. The number of nitrogens with zero attached hydrogens (tertiary/aromatic N) is 1. The van der Waals surface area contributed by atoms with Crippen molar-refractivity contribution in [2.24, 2.45) is 16.6 Å². The summed E-state index contributed by atoms with van der Waals surface area (Å²) in [6, 6.07) is 0. The summed E-state index contributed by atoms with van der Waals surface area (Å²) in [5.74, 6) is 0.447. The van der Waals surface area contributed by atoms with Crippen LogP contribution in [0.3, 0.4) is 0 Å². The highest BCUT2D eigenvalue weighted by atomic mass is 14.7. The van der Waals surface area contributed by atoms with Crippen LogP contribution in [0.1, 0.15) is 20.8 Å². The first-order valence-electron chi connectivity index (χ1n) is 4.45. The molecule has 0 unspecified atom stereocenters. The Hall–Kier alpha value is -1.31. The van der Waals surface area contributed by atoms with Crippen LogP contribution >= 0.6 is 0 Å². The van der Waals surface area contributed by atoms with Crippen LogP contribution in [-0.4, -0.2) is 6.21 Å². The highest BCUT2D eigenvalue weighted by Crippen LogP contribution is 2.10. The highest BCUT2D eigenvalue weighted by Gasteiger charge is 1.96. The maximum Gasteiger partial charge on any atom is 0.0302 e. The number of hydrogen-bond acceptors (Lipinski definition) is 2. The topological polar surface area (TPSA) is 38.4 Å². The van der Waals surface area contributed by atoms with E-state index in [1.807, 2.05) is 31.4 Å². The Morgan fingerprint density at radius 1 is 1.38 bits per heavy atom. The zero-order chi connectivity index (χ0) is 10.1. The summed E-state index contributed by atoms with van der Waals surface area (Å²) >= 11 is 0. The predicted molar refractivity (Wildman–Crippen MR) is 59.6 cm³/mol. The molecule has 2 N–H and O–H groups in total. The molecule has 0 spiro atoms. The molecular formula is C11H18N2. The quantitative estimate of drug-likeness (QED) is 0.521. The summed E-state index contributed by atoms with van der Waals surface area (Å²) in [4.78, 5) is 4.12. The second-order valence-electron chi connectivity index (χ2n) is 2.97. The number of hydrogen-bond donors (Lipinski definition) is 1. The fraction of sp³-hybridized carbons (Fsp3) is 0.364. The summed E-state index contributed by atoms with van der Waals surface area (Å²) in [6.07, 6.45) is 10.8. The van der Waals surface area contributed by atoms with E-state index in [0.29, 0.717) is 5.92 Å². The van der Waals surface area contributed by atoms with E-state index >= 15 is 0 Å². The van der Waals surface area contributed by atoms with Crippen molar-refractivity contribution in [1.29, 1.82) is 0 Å². The maximum atomic E-state index is 5.31. The summed E-state index contributed by atoms with van der Waals surface area (Å²) in [7, 11) is 0. The highest BCUT2D eigenvalue weighted by molar-refractivity contribution is 5.71. The van der Waals surface area contributed by atoms with Gasteiger partial charge < -0.3 is 5.73 Å². The average Bonchev–Trinajstić information content (AvgIpc) is 2.10. The van der Waals surface area contributed by atoms with Crippen LogP contribution in [0.15, 0.2) is 41.2 Å². The molecule has 2 nitrogen and oxygen atoms in total. The van der Waals surface area contributed by atoms with Crippen LogP contribution in [-0.2, 0) is 0 Å². The fourth-order valence-electron chi connectivity index (χ4n) is 0.761. The van der Waals surface area contributed by atoms with Crippen LogP contribution in [0.4, 0.5) is 0 Å². The van der Waals surface area contributed by atoms with E-state index in [0.717, 1.165) is 5.57 Å². The summed E-state index contributed by atoms with van der Waals surface area (Å²) in [5.41, 5.74) is 6.44. The molecule has 0 aliphatic rings. The first kappa shape index (κ1) is 11.7. The van der Waals surface area contributed by atoms with Gasteiger partial charge in [-0.05, 0) is 36.8 Å². The van der Waals surface area contributed by atoms with Gasteiger partial charge in [0.05, 0.1) is 0 Å². The van der Waals surface area contributed by atoms with Crippen molar-refractivity contribution in [1.82, 2.24) is 0 Å². The maximum absolute atomic E-state index is 5.31. The van der Waals surface area contributed by atoms with Gasteiger partial charge in [-0.2, -0.15) is 0 Å². The molecule has 0 bridgehead atoms. The monoisotopic (exact) mass is 178 g/mol. The average molecular weight is 178 g/mol. The standard InChI is InChI=1S/C11H18N2/c1-4-5-8-13-9-11(6-7-12)10(2)3/h4-10H,12H2,1-3H3/b5-4-,7-6+,11-9+,13-8-. The lowest BCUT2D eigenvalue weighted by Crippen LogP contribution is -1.91. The molecule has 0 radical (unpaired) electrons. The van der Waals surface area contributed by atoms with Gasteiger partial charge in [0.2, 0.25) is 0 Å². The third-order valence-electron chi connectivity index (χ3n) is 1.54. The number of rotatable bonds is 4. The fourth-order valence-corrected chi connectivity index (χ4v) is 0.761. The van der Waals surface area contributed by atoms with Crippen LogP contribution in [0.2, 0.25) is 0 Å². The van der Waals surface area contributed by atoms with Gasteiger partial charge >= 0.3 is 0 Å². The molecule has 0 aromatic heterocycles. The number of allylic oxidation sites excluding steroid dienone is 4. The lowest BCUT2D eigenvalue weighted by atomic mass is 10.1. The molecule has 72 valence electrons. The first-order chi connectivity index (χ1) is 6.22. The van der Waals surface area contributed by atoms with Crippen LogP contribution in [0.25, 0.3) is 0 Å².